The van der Waals surface area contributed by atoms with E-state index < -0.39 is 23.9 Å². The van der Waals surface area contributed by atoms with Gasteiger partial charge in [-0.3, -0.25) is 0 Å². The van der Waals surface area contributed by atoms with E-state index in [2.05, 4.69) is 4.74 Å². The van der Waals surface area contributed by atoms with Crippen molar-refractivity contribution in [2.24, 2.45) is 0 Å². The lowest BCUT2D eigenvalue weighted by molar-refractivity contribution is -0.153. The van der Waals surface area contributed by atoms with Crippen LogP contribution in [0.5, 0.6) is 0 Å². The molecule has 23 heavy (non-hydrogen) atoms. The van der Waals surface area contributed by atoms with Crippen LogP contribution < -0.4 is 0 Å². The quantitative estimate of drug-likeness (QED) is 0.199. The number of hydrogen-bond acceptors (Lipinski definition) is 7. The topological polar surface area (TPSA) is 96.0 Å². The minimum absolute atomic E-state index is 0.260. The smallest absolute Gasteiger partial charge is 0.338 e. The minimum atomic E-state index is -1.04. The standard InChI is InChI=1S/C16H22O7/c1-3-5-11-21-13(17)7-9-15(19)23-16(20)10-8-14(18)22-12-6-4-2/h7-10H,3-6,11-12H2,1-2H3/b9-7+,10-8+. The maximum absolute atomic E-state index is 11.3. The summed E-state index contributed by atoms with van der Waals surface area (Å²) in [7, 11) is 0. The van der Waals surface area contributed by atoms with Gasteiger partial charge in [-0.1, -0.05) is 26.7 Å². The van der Waals surface area contributed by atoms with Gasteiger partial charge in [0.05, 0.1) is 13.2 Å². The van der Waals surface area contributed by atoms with E-state index in [0.717, 1.165) is 50.0 Å². The average Bonchev–Trinajstić information content (AvgIpc) is 2.51. The highest BCUT2D eigenvalue weighted by Crippen LogP contribution is 1.93. The van der Waals surface area contributed by atoms with Crippen molar-refractivity contribution < 1.29 is 33.4 Å². The summed E-state index contributed by atoms with van der Waals surface area (Å²) in [5, 5.41) is 0. The fourth-order valence-corrected chi connectivity index (χ4v) is 1.17. The number of esters is 4. The first kappa shape index (κ1) is 20.6. The van der Waals surface area contributed by atoms with Crippen LogP contribution in [0.4, 0.5) is 0 Å². The Morgan fingerprint density at radius 1 is 0.652 bits per heavy atom. The van der Waals surface area contributed by atoms with Crippen LogP contribution in [-0.4, -0.2) is 37.1 Å². The molecule has 0 heterocycles. The molecular weight excluding hydrogens is 304 g/mol. The summed E-state index contributed by atoms with van der Waals surface area (Å²) in [5.41, 5.74) is 0. The van der Waals surface area contributed by atoms with E-state index in [9.17, 15) is 19.2 Å². The van der Waals surface area contributed by atoms with E-state index in [1.165, 1.54) is 0 Å². The predicted octanol–water partition coefficient (Wildman–Crippen LogP) is 1.86. The molecule has 0 amide bonds. The lowest BCUT2D eigenvalue weighted by Crippen LogP contribution is -2.10. The van der Waals surface area contributed by atoms with Crippen molar-refractivity contribution in [2.75, 3.05) is 13.2 Å². The van der Waals surface area contributed by atoms with Crippen molar-refractivity contribution in [2.45, 2.75) is 39.5 Å². The Hall–Kier alpha value is -2.44. The van der Waals surface area contributed by atoms with Crippen LogP contribution in [0.25, 0.3) is 0 Å². The minimum Gasteiger partial charge on any atom is -0.463 e. The van der Waals surface area contributed by atoms with Crippen molar-refractivity contribution >= 4 is 23.9 Å². The molecule has 0 spiro atoms. The Bertz CT molecular complexity index is 421. The van der Waals surface area contributed by atoms with Gasteiger partial charge in [0.25, 0.3) is 0 Å². The zero-order valence-corrected chi connectivity index (χ0v) is 13.4. The number of unbranched alkanes of at least 4 members (excludes halogenated alkanes) is 2. The van der Waals surface area contributed by atoms with E-state index in [0.29, 0.717) is 0 Å². The fraction of sp³-hybridized carbons (Fsp3) is 0.500. The molecule has 0 fully saturated rings. The van der Waals surface area contributed by atoms with Crippen LogP contribution in [-0.2, 0) is 33.4 Å². The molecule has 7 heteroatoms. The highest BCUT2D eigenvalue weighted by Gasteiger charge is 2.06. The molecule has 0 atom stereocenters. The summed E-state index contributed by atoms with van der Waals surface area (Å²) in [5.74, 6) is -3.46. The zero-order chi connectivity index (χ0) is 17.5. The second-order valence-electron chi connectivity index (χ2n) is 4.45. The van der Waals surface area contributed by atoms with E-state index in [4.69, 9.17) is 9.47 Å². The van der Waals surface area contributed by atoms with Crippen molar-refractivity contribution in [1.82, 2.24) is 0 Å². The van der Waals surface area contributed by atoms with Gasteiger partial charge < -0.3 is 14.2 Å². The zero-order valence-electron chi connectivity index (χ0n) is 13.4. The first-order valence-electron chi connectivity index (χ1n) is 7.45. The molecule has 0 N–H and O–H groups in total. The Labute approximate surface area is 135 Å². The lowest BCUT2D eigenvalue weighted by atomic mass is 10.4. The van der Waals surface area contributed by atoms with Crippen LogP contribution in [0.2, 0.25) is 0 Å². The molecule has 128 valence electrons. The molecule has 0 rings (SSSR count). The van der Waals surface area contributed by atoms with Crippen molar-refractivity contribution in [3.8, 4) is 0 Å². The van der Waals surface area contributed by atoms with Crippen LogP contribution in [0.15, 0.2) is 24.3 Å². The Morgan fingerprint density at radius 3 is 1.35 bits per heavy atom. The molecule has 0 bridgehead atoms. The SMILES string of the molecule is CCCCOC(=O)/C=C/C(=O)OC(=O)/C=C/C(=O)OCCCC. The molecule has 0 aliphatic carbocycles. The van der Waals surface area contributed by atoms with Gasteiger partial charge in [0.15, 0.2) is 0 Å². The van der Waals surface area contributed by atoms with Gasteiger partial charge in [0.1, 0.15) is 0 Å². The molecule has 0 aromatic rings. The van der Waals surface area contributed by atoms with Crippen molar-refractivity contribution in [1.29, 1.82) is 0 Å². The summed E-state index contributed by atoms with van der Waals surface area (Å²) < 4.78 is 13.9. The third-order valence-corrected chi connectivity index (χ3v) is 2.40. The molecule has 0 radical (unpaired) electrons. The van der Waals surface area contributed by atoms with Gasteiger partial charge in [0, 0.05) is 24.3 Å². The van der Waals surface area contributed by atoms with E-state index in [-0.39, 0.29) is 13.2 Å². The highest BCUT2D eigenvalue weighted by molar-refractivity contribution is 6.00. The maximum Gasteiger partial charge on any atom is 0.338 e. The maximum atomic E-state index is 11.3. The largest absolute Gasteiger partial charge is 0.463 e. The number of hydrogen-bond donors (Lipinski definition) is 0. The summed E-state index contributed by atoms with van der Waals surface area (Å²) in [6, 6.07) is 0. The van der Waals surface area contributed by atoms with Crippen LogP contribution in [0.3, 0.4) is 0 Å². The van der Waals surface area contributed by atoms with Gasteiger partial charge in [-0.25, -0.2) is 19.2 Å². The average molecular weight is 326 g/mol. The third kappa shape index (κ3) is 13.0. The second-order valence-corrected chi connectivity index (χ2v) is 4.45. The van der Waals surface area contributed by atoms with E-state index in [1.54, 1.807) is 0 Å². The summed E-state index contributed by atoms with van der Waals surface area (Å²) >= 11 is 0. The Morgan fingerprint density at radius 2 is 1.00 bits per heavy atom. The number of rotatable bonds is 10. The summed E-state index contributed by atoms with van der Waals surface area (Å²) in [4.78, 5) is 44.9. The Balaban J connectivity index is 4.07. The van der Waals surface area contributed by atoms with Crippen molar-refractivity contribution in [3.05, 3.63) is 24.3 Å². The normalized spacial score (nSPS) is 10.7. The monoisotopic (exact) mass is 326 g/mol. The second kappa shape index (κ2) is 13.2. The highest BCUT2D eigenvalue weighted by atomic mass is 16.6. The van der Waals surface area contributed by atoms with Crippen LogP contribution >= 0.6 is 0 Å². The molecule has 0 aliphatic rings. The number of ether oxygens (including phenoxy) is 3. The van der Waals surface area contributed by atoms with Crippen LogP contribution in [0.1, 0.15) is 39.5 Å². The molecule has 0 saturated heterocycles. The molecular formula is C16H22O7. The van der Waals surface area contributed by atoms with Gasteiger partial charge in [-0.2, -0.15) is 0 Å². The van der Waals surface area contributed by atoms with E-state index in [1.807, 2.05) is 13.8 Å². The Kier molecular flexibility index (Phi) is 11.8. The predicted molar refractivity (Wildman–Crippen MR) is 81.1 cm³/mol. The molecule has 0 aliphatic heterocycles. The molecule has 0 aromatic heterocycles. The summed E-state index contributed by atoms with van der Waals surface area (Å²) in [6.45, 7) is 4.41. The van der Waals surface area contributed by atoms with Crippen molar-refractivity contribution in [3.63, 3.8) is 0 Å². The molecule has 0 unspecified atom stereocenters. The fourth-order valence-electron chi connectivity index (χ4n) is 1.17. The van der Waals surface area contributed by atoms with E-state index >= 15 is 0 Å². The number of carbonyl (C=O) groups is 4. The molecule has 0 aromatic carbocycles. The first-order valence-corrected chi connectivity index (χ1v) is 7.45. The molecule has 0 saturated carbocycles. The van der Waals surface area contributed by atoms with Gasteiger partial charge in [-0.15, -0.1) is 0 Å². The van der Waals surface area contributed by atoms with Gasteiger partial charge in [-0.05, 0) is 12.8 Å². The summed E-state index contributed by atoms with van der Waals surface area (Å²) in [6.07, 6.45) is 6.49. The molecule has 7 nitrogen and oxygen atoms in total. The number of carbonyl (C=O) groups excluding carboxylic acids is 4. The van der Waals surface area contributed by atoms with Gasteiger partial charge in [0.2, 0.25) is 0 Å². The first-order chi connectivity index (χ1) is 11.0. The van der Waals surface area contributed by atoms with Gasteiger partial charge >= 0.3 is 23.9 Å². The van der Waals surface area contributed by atoms with Crippen LogP contribution in [0, 0.1) is 0 Å². The lowest BCUT2D eigenvalue weighted by Gasteiger charge is -1.99. The third-order valence-electron chi connectivity index (χ3n) is 2.40.